The van der Waals surface area contributed by atoms with E-state index in [-0.39, 0.29) is 0 Å². The van der Waals surface area contributed by atoms with E-state index in [2.05, 4.69) is 12.1 Å². The molecule has 0 aromatic heterocycles. The normalized spacial score (nSPS) is 12.3. The first-order valence-electron chi connectivity index (χ1n) is 7.44. The maximum Gasteiger partial charge on any atom is 0.336 e. The Kier molecular flexibility index (Phi) is 3.43. The molecule has 3 aromatic carbocycles. The lowest BCUT2D eigenvalue weighted by molar-refractivity contribution is 0.0696. The molecule has 0 saturated heterocycles. The SMILES string of the molecule is O=C(O)c1c(-c2ccccc2)ccc2c1Cc1ccccc1S2. The van der Waals surface area contributed by atoms with Crippen LogP contribution >= 0.6 is 11.8 Å². The molecule has 1 N–H and O–H groups in total. The minimum atomic E-state index is -0.860. The van der Waals surface area contributed by atoms with E-state index in [1.807, 2.05) is 54.6 Å². The van der Waals surface area contributed by atoms with Crippen molar-refractivity contribution in [1.82, 2.24) is 0 Å². The van der Waals surface area contributed by atoms with Gasteiger partial charge in [-0.1, -0.05) is 66.4 Å². The zero-order chi connectivity index (χ0) is 15.8. The molecule has 2 nitrogen and oxygen atoms in total. The van der Waals surface area contributed by atoms with Gasteiger partial charge in [0.1, 0.15) is 0 Å². The molecule has 0 fully saturated rings. The van der Waals surface area contributed by atoms with Crippen LogP contribution in [0.1, 0.15) is 21.5 Å². The molecule has 3 aromatic rings. The van der Waals surface area contributed by atoms with Crippen molar-refractivity contribution in [3.8, 4) is 11.1 Å². The summed E-state index contributed by atoms with van der Waals surface area (Å²) in [7, 11) is 0. The van der Waals surface area contributed by atoms with E-state index in [0.717, 1.165) is 21.6 Å². The summed E-state index contributed by atoms with van der Waals surface area (Å²) in [5, 5.41) is 9.82. The Bertz CT molecular complexity index is 901. The van der Waals surface area contributed by atoms with Crippen molar-refractivity contribution < 1.29 is 9.90 Å². The summed E-state index contributed by atoms with van der Waals surface area (Å²) in [6.45, 7) is 0. The second kappa shape index (κ2) is 5.60. The smallest absolute Gasteiger partial charge is 0.336 e. The third-order valence-electron chi connectivity index (χ3n) is 4.13. The van der Waals surface area contributed by atoms with Gasteiger partial charge in [-0.25, -0.2) is 4.79 Å². The Morgan fingerprint density at radius 3 is 2.39 bits per heavy atom. The van der Waals surface area contributed by atoms with Gasteiger partial charge in [0.25, 0.3) is 0 Å². The van der Waals surface area contributed by atoms with Crippen LogP contribution in [0.3, 0.4) is 0 Å². The molecule has 0 saturated carbocycles. The Morgan fingerprint density at radius 1 is 0.870 bits per heavy atom. The van der Waals surface area contributed by atoms with Crippen LogP contribution in [-0.4, -0.2) is 11.1 Å². The van der Waals surface area contributed by atoms with Crippen LogP contribution in [0.4, 0.5) is 0 Å². The number of aromatic carboxylic acids is 1. The molecule has 0 aliphatic carbocycles. The van der Waals surface area contributed by atoms with Gasteiger partial charge in [-0.2, -0.15) is 0 Å². The number of carboxylic acid groups (broad SMARTS) is 1. The molecule has 1 aliphatic heterocycles. The summed E-state index contributed by atoms with van der Waals surface area (Å²) in [5.74, 6) is -0.860. The highest BCUT2D eigenvalue weighted by Crippen LogP contribution is 2.43. The van der Waals surface area contributed by atoms with E-state index in [0.29, 0.717) is 12.0 Å². The Morgan fingerprint density at radius 2 is 1.61 bits per heavy atom. The first kappa shape index (κ1) is 14.1. The fourth-order valence-corrected chi connectivity index (χ4v) is 4.15. The van der Waals surface area contributed by atoms with E-state index >= 15 is 0 Å². The molecule has 1 heterocycles. The molecule has 0 amide bonds. The Hall–Kier alpha value is -2.52. The molecule has 3 heteroatoms. The number of carboxylic acids is 1. The molecule has 0 bridgehead atoms. The molecule has 0 unspecified atom stereocenters. The first-order chi connectivity index (χ1) is 11.2. The summed E-state index contributed by atoms with van der Waals surface area (Å²) >= 11 is 1.65. The molecule has 4 rings (SSSR count). The largest absolute Gasteiger partial charge is 0.478 e. The summed E-state index contributed by atoms with van der Waals surface area (Å²) in [5.41, 5.74) is 4.27. The van der Waals surface area contributed by atoms with E-state index in [9.17, 15) is 9.90 Å². The summed E-state index contributed by atoms with van der Waals surface area (Å²) in [4.78, 5) is 14.2. The third-order valence-corrected chi connectivity index (χ3v) is 5.35. The van der Waals surface area contributed by atoms with Crippen LogP contribution < -0.4 is 0 Å². The monoisotopic (exact) mass is 318 g/mol. The van der Waals surface area contributed by atoms with Crippen molar-refractivity contribution in [2.75, 3.05) is 0 Å². The van der Waals surface area contributed by atoms with Gasteiger partial charge in [-0.05, 0) is 34.4 Å². The van der Waals surface area contributed by atoms with Gasteiger partial charge in [0.2, 0.25) is 0 Å². The second-order valence-electron chi connectivity index (χ2n) is 5.52. The average molecular weight is 318 g/mol. The number of benzene rings is 3. The highest BCUT2D eigenvalue weighted by molar-refractivity contribution is 7.99. The minimum absolute atomic E-state index is 0.427. The zero-order valence-corrected chi connectivity index (χ0v) is 13.1. The lowest BCUT2D eigenvalue weighted by atomic mass is 9.91. The highest BCUT2D eigenvalue weighted by Gasteiger charge is 2.24. The van der Waals surface area contributed by atoms with Gasteiger partial charge in [0.05, 0.1) is 5.56 Å². The molecule has 0 spiro atoms. The maximum atomic E-state index is 12.0. The summed E-state index contributed by atoms with van der Waals surface area (Å²) < 4.78 is 0. The third kappa shape index (κ3) is 2.43. The predicted molar refractivity (Wildman–Crippen MR) is 92.2 cm³/mol. The van der Waals surface area contributed by atoms with Crippen molar-refractivity contribution in [2.24, 2.45) is 0 Å². The van der Waals surface area contributed by atoms with Gasteiger partial charge in [0.15, 0.2) is 0 Å². The van der Waals surface area contributed by atoms with Crippen molar-refractivity contribution in [1.29, 1.82) is 0 Å². The van der Waals surface area contributed by atoms with Crippen LogP contribution in [0.25, 0.3) is 11.1 Å². The number of hydrogen-bond donors (Lipinski definition) is 1. The van der Waals surface area contributed by atoms with Gasteiger partial charge in [0, 0.05) is 16.2 Å². The van der Waals surface area contributed by atoms with Crippen LogP contribution in [0.2, 0.25) is 0 Å². The molecular formula is C20H14O2S. The summed E-state index contributed by atoms with van der Waals surface area (Å²) in [6, 6.07) is 21.9. The Balaban J connectivity index is 1.92. The summed E-state index contributed by atoms with van der Waals surface area (Å²) in [6.07, 6.45) is 0.667. The van der Waals surface area contributed by atoms with Crippen molar-refractivity contribution >= 4 is 17.7 Å². The molecular weight excluding hydrogens is 304 g/mol. The fourth-order valence-electron chi connectivity index (χ4n) is 3.06. The number of hydrogen-bond acceptors (Lipinski definition) is 2. The molecule has 1 aliphatic rings. The maximum absolute atomic E-state index is 12.0. The number of carbonyl (C=O) groups is 1. The van der Waals surface area contributed by atoms with E-state index < -0.39 is 5.97 Å². The first-order valence-corrected chi connectivity index (χ1v) is 8.26. The van der Waals surface area contributed by atoms with Gasteiger partial charge in [-0.15, -0.1) is 0 Å². The minimum Gasteiger partial charge on any atom is -0.478 e. The highest BCUT2D eigenvalue weighted by atomic mass is 32.2. The van der Waals surface area contributed by atoms with Crippen LogP contribution in [-0.2, 0) is 6.42 Å². The van der Waals surface area contributed by atoms with Crippen molar-refractivity contribution in [3.63, 3.8) is 0 Å². The Labute approximate surface area is 138 Å². The number of fused-ring (bicyclic) bond motifs is 2. The second-order valence-corrected chi connectivity index (χ2v) is 6.61. The molecule has 0 radical (unpaired) electrons. The van der Waals surface area contributed by atoms with Gasteiger partial charge >= 0.3 is 5.97 Å². The predicted octanol–water partition coefficient (Wildman–Crippen LogP) is 5.11. The van der Waals surface area contributed by atoms with Crippen LogP contribution in [0.5, 0.6) is 0 Å². The van der Waals surface area contributed by atoms with Gasteiger partial charge < -0.3 is 5.11 Å². The average Bonchev–Trinajstić information content (AvgIpc) is 2.59. The van der Waals surface area contributed by atoms with E-state index in [1.165, 1.54) is 10.5 Å². The number of rotatable bonds is 2. The lowest BCUT2D eigenvalue weighted by Gasteiger charge is -2.22. The van der Waals surface area contributed by atoms with Crippen LogP contribution in [0, 0.1) is 0 Å². The standard InChI is InChI=1S/C20H14O2S/c21-20(22)19-15(13-6-2-1-3-7-13)10-11-18-16(19)12-14-8-4-5-9-17(14)23-18/h1-11H,12H2,(H,21,22). The fraction of sp³-hybridized carbons (Fsp3) is 0.0500. The lowest BCUT2D eigenvalue weighted by Crippen LogP contribution is -2.10. The van der Waals surface area contributed by atoms with E-state index in [1.54, 1.807) is 11.8 Å². The van der Waals surface area contributed by atoms with Crippen molar-refractivity contribution in [2.45, 2.75) is 16.2 Å². The molecule has 0 atom stereocenters. The van der Waals surface area contributed by atoms with E-state index in [4.69, 9.17) is 0 Å². The van der Waals surface area contributed by atoms with Crippen LogP contribution in [0.15, 0.2) is 76.5 Å². The molecule has 112 valence electrons. The zero-order valence-electron chi connectivity index (χ0n) is 12.3. The topological polar surface area (TPSA) is 37.3 Å². The van der Waals surface area contributed by atoms with Gasteiger partial charge in [-0.3, -0.25) is 0 Å². The van der Waals surface area contributed by atoms with Crippen molar-refractivity contribution in [3.05, 3.63) is 83.4 Å². The quantitative estimate of drug-likeness (QED) is 0.558. The molecule has 23 heavy (non-hydrogen) atoms.